The van der Waals surface area contributed by atoms with E-state index in [1.165, 1.54) is 11.3 Å². The van der Waals surface area contributed by atoms with E-state index in [9.17, 15) is 4.79 Å². The van der Waals surface area contributed by atoms with Crippen LogP contribution in [-0.4, -0.2) is 12.9 Å². The third kappa shape index (κ3) is 2.78. The molecule has 0 fully saturated rings. The molecule has 0 bridgehead atoms. The molecule has 0 N–H and O–H groups in total. The van der Waals surface area contributed by atoms with E-state index in [-0.39, 0.29) is 5.78 Å². The van der Waals surface area contributed by atoms with Crippen LogP contribution >= 0.6 is 22.9 Å². The first-order valence-electron chi connectivity index (χ1n) is 6.72. The molecule has 0 saturated carbocycles. The highest BCUT2D eigenvalue weighted by atomic mass is 35.5. The first-order valence-corrected chi connectivity index (χ1v) is 7.97. The number of carbonyl (C=O) groups is 1. The number of halogens is 1. The molecular weight excluding hydrogens is 316 g/mol. The monoisotopic (exact) mass is 328 g/mol. The summed E-state index contributed by atoms with van der Waals surface area (Å²) in [6.45, 7) is 0. The van der Waals surface area contributed by atoms with Crippen LogP contribution in [0.5, 0.6) is 5.75 Å². The van der Waals surface area contributed by atoms with Gasteiger partial charge in [0.1, 0.15) is 5.75 Å². The lowest BCUT2D eigenvalue weighted by Crippen LogP contribution is -2.03. The normalized spacial score (nSPS) is 10.5. The molecule has 0 atom stereocenters. The third-order valence-electron chi connectivity index (χ3n) is 3.36. The summed E-state index contributed by atoms with van der Waals surface area (Å²) in [4.78, 5) is 13.6. The van der Waals surface area contributed by atoms with Gasteiger partial charge in [0.2, 0.25) is 5.78 Å². The quantitative estimate of drug-likeness (QED) is 0.607. The van der Waals surface area contributed by atoms with Crippen molar-refractivity contribution in [3.8, 4) is 16.9 Å². The predicted molar refractivity (Wildman–Crippen MR) is 91.2 cm³/mol. The zero-order chi connectivity index (χ0) is 15.5. The minimum atomic E-state index is -0.0394. The number of ketones is 1. The second-order valence-electron chi connectivity index (χ2n) is 4.70. The highest BCUT2D eigenvalue weighted by Crippen LogP contribution is 2.33. The van der Waals surface area contributed by atoms with Gasteiger partial charge in [-0.3, -0.25) is 4.79 Å². The number of hydrogen-bond acceptors (Lipinski definition) is 3. The molecule has 0 radical (unpaired) electrons. The summed E-state index contributed by atoms with van der Waals surface area (Å²) >= 11 is 7.48. The lowest BCUT2D eigenvalue weighted by molar-refractivity contribution is 0.104. The van der Waals surface area contributed by atoms with Gasteiger partial charge in [0.05, 0.1) is 17.6 Å². The van der Waals surface area contributed by atoms with Crippen molar-refractivity contribution in [2.75, 3.05) is 7.11 Å². The fourth-order valence-corrected chi connectivity index (χ4v) is 3.38. The van der Waals surface area contributed by atoms with Crippen LogP contribution < -0.4 is 4.74 Å². The van der Waals surface area contributed by atoms with Crippen LogP contribution in [0.25, 0.3) is 11.1 Å². The smallest absolute Gasteiger partial charge is 0.207 e. The lowest BCUT2D eigenvalue weighted by atomic mass is 10.0. The van der Waals surface area contributed by atoms with E-state index < -0.39 is 0 Å². The van der Waals surface area contributed by atoms with Crippen LogP contribution in [0.3, 0.4) is 0 Å². The number of rotatable bonds is 4. The Kier molecular flexibility index (Phi) is 4.27. The molecule has 22 heavy (non-hydrogen) atoms. The summed E-state index contributed by atoms with van der Waals surface area (Å²) in [5.74, 6) is 0.542. The van der Waals surface area contributed by atoms with Gasteiger partial charge < -0.3 is 4.74 Å². The maximum Gasteiger partial charge on any atom is 0.207 e. The highest BCUT2D eigenvalue weighted by molar-refractivity contribution is 7.12. The van der Waals surface area contributed by atoms with Crippen LogP contribution in [0.1, 0.15) is 15.2 Å². The zero-order valence-corrected chi connectivity index (χ0v) is 13.4. The van der Waals surface area contributed by atoms with Crippen LogP contribution in [0.15, 0.2) is 60.0 Å². The van der Waals surface area contributed by atoms with E-state index in [0.29, 0.717) is 21.2 Å². The first kappa shape index (κ1) is 14.8. The molecule has 3 aromatic rings. The summed E-state index contributed by atoms with van der Waals surface area (Å²) in [6.07, 6.45) is 0. The molecular formula is C18H13ClO2S. The van der Waals surface area contributed by atoms with Gasteiger partial charge in [-0.25, -0.2) is 0 Å². The third-order valence-corrected chi connectivity index (χ3v) is 4.51. The Labute approximate surface area is 137 Å². The maximum atomic E-state index is 12.9. The fraction of sp³-hybridized carbons (Fsp3) is 0.0556. The van der Waals surface area contributed by atoms with Crippen molar-refractivity contribution in [2.45, 2.75) is 0 Å². The van der Waals surface area contributed by atoms with Gasteiger partial charge in [0.25, 0.3) is 0 Å². The minimum Gasteiger partial charge on any atom is -0.496 e. The van der Waals surface area contributed by atoms with Gasteiger partial charge in [-0.1, -0.05) is 35.9 Å². The van der Waals surface area contributed by atoms with Crippen molar-refractivity contribution in [2.24, 2.45) is 0 Å². The first-order chi connectivity index (χ1) is 10.7. The number of thiophene rings is 1. The molecule has 0 aliphatic rings. The Hall–Kier alpha value is -2.10. The van der Waals surface area contributed by atoms with E-state index in [2.05, 4.69) is 0 Å². The Morgan fingerprint density at radius 2 is 1.91 bits per heavy atom. The van der Waals surface area contributed by atoms with Gasteiger partial charge in [-0.15, -0.1) is 11.3 Å². The van der Waals surface area contributed by atoms with Crippen LogP contribution in [0.4, 0.5) is 0 Å². The molecule has 110 valence electrons. The van der Waals surface area contributed by atoms with Crippen LogP contribution in [-0.2, 0) is 0 Å². The second kappa shape index (κ2) is 6.34. The highest BCUT2D eigenvalue weighted by Gasteiger charge is 2.19. The summed E-state index contributed by atoms with van der Waals surface area (Å²) in [5.41, 5.74) is 2.39. The Morgan fingerprint density at radius 1 is 1.09 bits per heavy atom. The summed E-state index contributed by atoms with van der Waals surface area (Å²) in [7, 11) is 1.57. The van der Waals surface area contributed by atoms with E-state index in [1.807, 2.05) is 47.8 Å². The number of hydrogen-bond donors (Lipinski definition) is 0. The molecule has 0 amide bonds. The van der Waals surface area contributed by atoms with Gasteiger partial charge >= 0.3 is 0 Å². The predicted octanol–water partition coefficient (Wildman–Crippen LogP) is 5.31. The zero-order valence-electron chi connectivity index (χ0n) is 11.9. The summed E-state index contributed by atoms with van der Waals surface area (Å²) < 4.78 is 5.29. The van der Waals surface area contributed by atoms with Crippen molar-refractivity contribution < 1.29 is 9.53 Å². The topological polar surface area (TPSA) is 26.3 Å². The van der Waals surface area contributed by atoms with Gasteiger partial charge in [0.15, 0.2) is 0 Å². The molecule has 0 saturated heterocycles. The van der Waals surface area contributed by atoms with Crippen LogP contribution in [0.2, 0.25) is 5.02 Å². The minimum absolute atomic E-state index is 0.0394. The number of benzene rings is 2. The summed E-state index contributed by atoms with van der Waals surface area (Å²) in [6, 6.07) is 16.7. The van der Waals surface area contributed by atoms with E-state index >= 15 is 0 Å². The van der Waals surface area contributed by atoms with Crippen LogP contribution in [0, 0.1) is 0 Å². The molecule has 2 aromatic carbocycles. The van der Waals surface area contributed by atoms with Gasteiger partial charge in [-0.2, -0.15) is 0 Å². The van der Waals surface area contributed by atoms with Crippen molar-refractivity contribution >= 4 is 28.7 Å². The lowest BCUT2D eigenvalue weighted by Gasteiger charge is -2.08. The van der Waals surface area contributed by atoms with Crippen molar-refractivity contribution in [3.63, 3.8) is 0 Å². The van der Waals surface area contributed by atoms with Gasteiger partial charge in [0, 0.05) is 10.6 Å². The number of para-hydroxylation sites is 1. The molecule has 0 aliphatic heterocycles. The standard InChI is InChI=1S/C18H13ClO2S/c1-21-16-8-3-2-7-15(16)17(20)18-14(9-10-22-18)12-5-4-6-13(19)11-12/h2-11H,1H3. The molecule has 2 nitrogen and oxygen atoms in total. The Morgan fingerprint density at radius 3 is 2.68 bits per heavy atom. The van der Waals surface area contributed by atoms with Gasteiger partial charge in [-0.05, 0) is 41.3 Å². The SMILES string of the molecule is COc1ccccc1C(=O)c1sccc1-c1cccc(Cl)c1. The second-order valence-corrected chi connectivity index (χ2v) is 6.06. The molecule has 4 heteroatoms. The van der Waals surface area contributed by atoms with E-state index in [0.717, 1.165) is 11.1 Å². The maximum absolute atomic E-state index is 12.9. The number of methoxy groups -OCH3 is 1. The summed E-state index contributed by atoms with van der Waals surface area (Å²) in [5, 5.41) is 2.57. The number of ether oxygens (including phenoxy) is 1. The molecule has 1 heterocycles. The van der Waals surface area contributed by atoms with Crippen molar-refractivity contribution in [1.82, 2.24) is 0 Å². The van der Waals surface area contributed by atoms with E-state index in [1.54, 1.807) is 19.2 Å². The van der Waals surface area contributed by atoms with Crippen molar-refractivity contribution in [1.29, 1.82) is 0 Å². The molecule has 0 spiro atoms. The number of carbonyl (C=O) groups excluding carboxylic acids is 1. The molecule has 1 aromatic heterocycles. The molecule has 0 aliphatic carbocycles. The fourth-order valence-electron chi connectivity index (χ4n) is 2.32. The van der Waals surface area contributed by atoms with E-state index in [4.69, 9.17) is 16.3 Å². The molecule has 3 rings (SSSR count). The largest absolute Gasteiger partial charge is 0.496 e. The Balaban J connectivity index is 2.07. The average Bonchev–Trinajstić information content (AvgIpc) is 3.03. The van der Waals surface area contributed by atoms with Crippen molar-refractivity contribution in [3.05, 3.63) is 75.4 Å². The average molecular weight is 329 g/mol. The molecule has 0 unspecified atom stereocenters. The Bertz CT molecular complexity index is 823.